The zero-order chi connectivity index (χ0) is 13.3. The summed E-state index contributed by atoms with van der Waals surface area (Å²) in [4.78, 5) is 9.27. The number of piperazine rings is 1. The van der Waals surface area contributed by atoms with E-state index >= 15 is 0 Å². The Kier molecular flexibility index (Phi) is 3.43. The number of hydrogen-bond acceptors (Lipinski definition) is 4. The molecule has 18 heavy (non-hydrogen) atoms. The van der Waals surface area contributed by atoms with E-state index in [9.17, 15) is 13.2 Å². The number of aromatic nitrogens is 2. The van der Waals surface area contributed by atoms with Crippen molar-refractivity contribution in [1.29, 1.82) is 0 Å². The van der Waals surface area contributed by atoms with Crippen LogP contribution in [0.15, 0.2) is 12.4 Å². The lowest BCUT2D eigenvalue weighted by atomic mass is 10.1. The average Bonchev–Trinajstić information content (AvgIpc) is 2.31. The van der Waals surface area contributed by atoms with Gasteiger partial charge in [0.2, 0.25) is 0 Å². The summed E-state index contributed by atoms with van der Waals surface area (Å²) in [5.41, 5.74) is -0.956. The monoisotopic (exact) mass is 260 g/mol. The Hall–Kier alpha value is -1.37. The molecular weight excluding hydrogens is 245 g/mol. The highest BCUT2D eigenvalue weighted by molar-refractivity contribution is 5.38. The molecule has 0 aromatic carbocycles. The maximum absolute atomic E-state index is 12.4. The molecule has 4 nitrogen and oxygen atoms in total. The predicted molar refractivity (Wildman–Crippen MR) is 61.3 cm³/mol. The van der Waals surface area contributed by atoms with Crippen LogP contribution in [0.5, 0.6) is 0 Å². The predicted octanol–water partition coefficient (Wildman–Crippen LogP) is 1.68. The van der Waals surface area contributed by atoms with Crippen LogP contribution in [0.1, 0.15) is 19.5 Å². The van der Waals surface area contributed by atoms with Crippen LogP contribution in [0.25, 0.3) is 0 Å². The first-order valence-electron chi connectivity index (χ1n) is 5.77. The summed E-state index contributed by atoms with van der Waals surface area (Å²) in [5.74, 6) is 0.490. The van der Waals surface area contributed by atoms with Crippen molar-refractivity contribution in [3.63, 3.8) is 0 Å². The van der Waals surface area contributed by atoms with Gasteiger partial charge < -0.3 is 10.2 Å². The molecule has 1 aliphatic rings. The van der Waals surface area contributed by atoms with Gasteiger partial charge in [0.1, 0.15) is 5.82 Å². The van der Waals surface area contributed by atoms with Crippen molar-refractivity contribution >= 4 is 5.82 Å². The van der Waals surface area contributed by atoms with Crippen molar-refractivity contribution in [3.05, 3.63) is 18.1 Å². The van der Waals surface area contributed by atoms with E-state index in [-0.39, 0.29) is 12.1 Å². The molecule has 0 radical (unpaired) electrons. The lowest BCUT2D eigenvalue weighted by Crippen LogP contribution is -2.54. The van der Waals surface area contributed by atoms with Crippen molar-refractivity contribution in [2.24, 2.45) is 0 Å². The molecule has 2 heterocycles. The Morgan fingerprint density at radius 2 is 2.00 bits per heavy atom. The normalized spacial score (nSPS) is 25.3. The van der Waals surface area contributed by atoms with Crippen LogP contribution in [-0.2, 0) is 6.18 Å². The van der Waals surface area contributed by atoms with Gasteiger partial charge in [-0.05, 0) is 13.8 Å². The summed E-state index contributed by atoms with van der Waals surface area (Å²) < 4.78 is 37.1. The van der Waals surface area contributed by atoms with E-state index in [4.69, 9.17) is 0 Å². The first-order chi connectivity index (χ1) is 8.38. The average molecular weight is 260 g/mol. The van der Waals surface area contributed by atoms with Gasteiger partial charge >= 0.3 is 6.18 Å². The van der Waals surface area contributed by atoms with Crippen molar-refractivity contribution in [2.75, 3.05) is 18.0 Å². The molecule has 0 unspecified atom stereocenters. The highest BCUT2D eigenvalue weighted by Crippen LogP contribution is 2.27. The molecule has 0 amide bonds. The summed E-state index contributed by atoms with van der Waals surface area (Å²) >= 11 is 0. The van der Waals surface area contributed by atoms with Crippen molar-refractivity contribution in [1.82, 2.24) is 15.3 Å². The Bertz CT molecular complexity index is 404. The van der Waals surface area contributed by atoms with E-state index in [0.717, 1.165) is 12.7 Å². The number of nitrogens with zero attached hydrogens (tertiary/aromatic N) is 3. The fourth-order valence-corrected chi connectivity index (χ4v) is 1.96. The molecule has 2 atom stereocenters. The molecular formula is C11H15F3N4. The maximum Gasteiger partial charge on any atom is 0.434 e. The fraction of sp³-hybridized carbons (Fsp3) is 0.636. The summed E-state index contributed by atoms with van der Waals surface area (Å²) in [6.45, 7) is 5.51. The van der Waals surface area contributed by atoms with Crippen LogP contribution in [0.2, 0.25) is 0 Å². The van der Waals surface area contributed by atoms with E-state index in [1.165, 1.54) is 6.20 Å². The van der Waals surface area contributed by atoms with Crippen LogP contribution < -0.4 is 10.2 Å². The molecule has 1 aliphatic heterocycles. The third kappa shape index (κ3) is 2.72. The molecule has 1 N–H and O–H groups in total. The number of hydrogen-bond donors (Lipinski definition) is 1. The number of nitrogens with one attached hydrogen (secondary N) is 1. The zero-order valence-corrected chi connectivity index (χ0v) is 10.2. The fourth-order valence-electron chi connectivity index (χ4n) is 1.96. The van der Waals surface area contributed by atoms with Gasteiger partial charge in [-0.1, -0.05) is 0 Å². The van der Waals surface area contributed by atoms with E-state index in [1.807, 2.05) is 18.7 Å². The molecule has 1 aromatic rings. The van der Waals surface area contributed by atoms with Gasteiger partial charge in [-0.2, -0.15) is 13.2 Å². The highest BCUT2D eigenvalue weighted by Gasteiger charge is 2.33. The molecule has 7 heteroatoms. The van der Waals surface area contributed by atoms with Gasteiger partial charge in [0.05, 0.1) is 12.4 Å². The highest BCUT2D eigenvalue weighted by atomic mass is 19.4. The van der Waals surface area contributed by atoms with Gasteiger partial charge in [0.25, 0.3) is 0 Å². The second-order valence-corrected chi connectivity index (χ2v) is 4.57. The van der Waals surface area contributed by atoms with E-state index in [0.29, 0.717) is 12.4 Å². The minimum Gasteiger partial charge on any atom is -0.350 e. The quantitative estimate of drug-likeness (QED) is 0.834. The number of anilines is 1. The molecule has 0 aliphatic carbocycles. The van der Waals surface area contributed by atoms with Crippen molar-refractivity contribution in [3.8, 4) is 0 Å². The number of alkyl halides is 3. The summed E-state index contributed by atoms with van der Waals surface area (Å²) in [6, 6.07) is 0.470. The Balaban J connectivity index is 2.18. The second kappa shape index (κ2) is 4.72. The lowest BCUT2D eigenvalue weighted by molar-refractivity contribution is -0.141. The third-order valence-corrected chi connectivity index (χ3v) is 2.99. The summed E-state index contributed by atoms with van der Waals surface area (Å²) in [7, 11) is 0. The number of rotatable bonds is 1. The van der Waals surface area contributed by atoms with Crippen LogP contribution in [0.4, 0.5) is 19.0 Å². The molecule has 1 aromatic heterocycles. The molecule has 100 valence electrons. The van der Waals surface area contributed by atoms with Crippen LogP contribution in [0, 0.1) is 0 Å². The Morgan fingerprint density at radius 1 is 1.28 bits per heavy atom. The van der Waals surface area contributed by atoms with Gasteiger partial charge in [-0.15, -0.1) is 0 Å². The van der Waals surface area contributed by atoms with Crippen molar-refractivity contribution in [2.45, 2.75) is 32.1 Å². The maximum atomic E-state index is 12.4. The summed E-state index contributed by atoms with van der Waals surface area (Å²) in [6.07, 6.45) is -2.46. The summed E-state index contributed by atoms with van der Waals surface area (Å²) in [5, 5.41) is 3.30. The van der Waals surface area contributed by atoms with Gasteiger partial charge in [0.15, 0.2) is 5.69 Å². The van der Waals surface area contributed by atoms with E-state index in [2.05, 4.69) is 15.3 Å². The van der Waals surface area contributed by atoms with E-state index < -0.39 is 11.9 Å². The minimum absolute atomic E-state index is 0.187. The number of halogens is 3. The topological polar surface area (TPSA) is 41.1 Å². The third-order valence-electron chi connectivity index (χ3n) is 2.99. The van der Waals surface area contributed by atoms with Crippen LogP contribution in [-0.4, -0.2) is 35.1 Å². The first-order valence-corrected chi connectivity index (χ1v) is 5.77. The van der Waals surface area contributed by atoms with Gasteiger partial charge in [-0.25, -0.2) is 9.97 Å². The SMILES string of the molecule is C[C@@H]1CN(c2cnc(C(F)(F)F)cn2)[C@H](C)CN1. The minimum atomic E-state index is -4.44. The van der Waals surface area contributed by atoms with Crippen LogP contribution >= 0.6 is 0 Å². The molecule has 0 spiro atoms. The second-order valence-electron chi connectivity index (χ2n) is 4.57. The molecule has 1 saturated heterocycles. The smallest absolute Gasteiger partial charge is 0.350 e. The molecule has 0 bridgehead atoms. The lowest BCUT2D eigenvalue weighted by Gasteiger charge is -2.38. The van der Waals surface area contributed by atoms with Gasteiger partial charge in [0, 0.05) is 25.2 Å². The van der Waals surface area contributed by atoms with E-state index in [1.54, 1.807) is 0 Å². The molecule has 1 fully saturated rings. The van der Waals surface area contributed by atoms with Gasteiger partial charge in [-0.3, -0.25) is 0 Å². The molecule has 2 rings (SSSR count). The molecule has 0 saturated carbocycles. The zero-order valence-electron chi connectivity index (χ0n) is 10.2. The van der Waals surface area contributed by atoms with Crippen LogP contribution in [0.3, 0.4) is 0 Å². The Labute approximate surface area is 103 Å². The largest absolute Gasteiger partial charge is 0.434 e. The van der Waals surface area contributed by atoms with Crippen molar-refractivity contribution < 1.29 is 13.2 Å². The first kappa shape index (κ1) is 13.1. The standard InChI is InChI=1S/C11H15F3N4/c1-7-6-18(8(2)3-15-7)10-5-16-9(4-17-10)11(12,13)14/h4-5,7-8,15H,3,6H2,1-2H3/t7-,8-/m1/s1. The Morgan fingerprint density at radius 3 is 2.56 bits per heavy atom.